The van der Waals surface area contributed by atoms with Gasteiger partial charge >= 0.3 is 6.18 Å². The lowest BCUT2D eigenvalue weighted by atomic mass is 9.95. The maximum absolute atomic E-state index is 13.0. The molecule has 2 aromatic heterocycles. The molecule has 0 aliphatic carbocycles. The molecule has 2 N–H and O–H groups in total. The Morgan fingerprint density at radius 3 is 2.50 bits per heavy atom. The number of alkyl halides is 3. The van der Waals surface area contributed by atoms with E-state index in [-0.39, 0.29) is 17.5 Å². The number of halogens is 4. The first kappa shape index (κ1) is 18.5. The van der Waals surface area contributed by atoms with Gasteiger partial charge in [0.15, 0.2) is 0 Å². The second-order valence-electron chi connectivity index (χ2n) is 6.26. The summed E-state index contributed by atoms with van der Waals surface area (Å²) in [6.07, 6.45) is -3.12. The number of anilines is 1. The van der Waals surface area contributed by atoms with E-state index in [1.165, 1.54) is 19.3 Å². The van der Waals surface area contributed by atoms with Crippen LogP contribution in [0, 0.1) is 5.41 Å². The number of pyridine rings is 1. The van der Waals surface area contributed by atoms with Gasteiger partial charge in [-0.05, 0) is 12.1 Å². The van der Waals surface area contributed by atoms with Gasteiger partial charge in [0, 0.05) is 43.1 Å². The molecule has 5 nitrogen and oxygen atoms in total. The molecule has 9 heteroatoms. The molecule has 132 valence electrons. The van der Waals surface area contributed by atoms with Crippen LogP contribution in [-0.2, 0) is 13.2 Å². The molecule has 0 aliphatic heterocycles. The van der Waals surface area contributed by atoms with E-state index in [1.807, 2.05) is 13.8 Å². The Balaban J connectivity index is 2.41. The third kappa shape index (κ3) is 4.18. The highest BCUT2D eigenvalue weighted by Crippen LogP contribution is 2.34. The van der Waals surface area contributed by atoms with Crippen molar-refractivity contribution in [3.63, 3.8) is 0 Å². The summed E-state index contributed by atoms with van der Waals surface area (Å²) in [5.41, 5.74) is -0.219. The molecule has 0 aromatic carbocycles. The first-order valence-electron chi connectivity index (χ1n) is 7.15. The van der Waals surface area contributed by atoms with Crippen molar-refractivity contribution in [1.29, 1.82) is 0 Å². The Morgan fingerprint density at radius 2 is 1.96 bits per heavy atom. The Hall–Kier alpha value is -1.80. The SMILES string of the molecule is Cn1nc(-c2cnc(Cl)cc2NCC(C)(C)CO)cc1C(F)(F)F. The molecule has 0 aliphatic rings. The molecular weight excluding hydrogens is 345 g/mol. The van der Waals surface area contributed by atoms with Crippen molar-refractivity contribution >= 4 is 17.3 Å². The van der Waals surface area contributed by atoms with E-state index in [2.05, 4.69) is 15.4 Å². The van der Waals surface area contributed by atoms with Crippen LogP contribution in [0.3, 0.4) is 0 Å². The summed E-state index contributed by atoms with van der Waals surface area (Å²) < 4.78 is 39.6. The van der Waals surface area contributed by atoms with Crippen LogP contribution in [0.4, 0.5) is 18.9 Å². The largest absolute Gasteiger partial charge is 0.433 e. The van der Waals surface area contributed by atoms with Gasteiger partial charge in [-0.25, -0.2) is 4.98 Å². The Morgan fingerprint density at radius 1 is 1.29 bits per heavy atom. The van der Waals surface area contributed by atoms with Crippen molar-refractivity contribution in [3.05, 3.63) is 29.2 Å². The fraction of sp³-hybridized carbons (Fsp3) is 0.467. The summed E-state index contributed by atoms with van der Waals surface area (Å²) in [6, 6.07) is 2.49. The second kappa shape index (κ2) is 6.60. The van der Waals surface area contributed by atoms with Gasteiger partial charge in [0.05, 0.1) is 5.69 Å². The molecule has 24 heavy (non-hydrogen) atoms. The Labute approximate surface area is 142 Å². The number of nitrogens with zero attached hydrogens (tertiary/aromatic N) is 3. The monoisotopic (exact) mass is 362 g/mol. The smallest absolute Gasteiger partial charge is 0.396 e. The average Bonchev–Trinajstić information content (AvgIpc) is 2.87. The summed E-state index contributed by atoms with van der Waals surface area (Å²) in [5.74, 6) is 0. The van der Waals surface area contributed by atoms with Crippen molar-refractivity contribution in [2.24, 2.45) is 12.5 Å². The summed E-state index contributed by atoms with van der Waals surface area (Å²) >= 11 is 5.89. The van der Waals surface area contributed by atoms with E-state index in [0.29, 0.717) is 17.8 Å². The van der Waals surface area contributed by atoms with E-state index in [0.717, 1.165) is 10.7 Å². The topological polar surface area (TPSA) is 63.0 Å². The van der Waals surface area contributed by atoms with Crippen LogP contribution >= 0.6 is 11.6 Å². The van der Waals surface area contributed by atoms with E-state index < -0.39 is 17.3 Å². The molecule has 0 amide bonds. The van der Waals surface area contributed by atoms with Gasteiger partial charge in [-0.3, -0.25) is 4.68 Å². The number of hydrogen-bond donors (Lipinski definition) is 2. The zero-order valence-corrected chi connectivity index (χ0v) is 14.2. The molecule has 0 saturated heterocycles. The van der Waals surface area contributed by atoms with Crippen LogP contribution in [0.5, 0.6) is 0 Å². The molecule has 2 aromatic rings. The third-order valence-corrected chi connectivity index (χ3v) is 3.71. The number of hydrogen-bond acceptors (Lipinski definition) is 4. The van der Waals surface area contributed by atoms with Gasteiger partial charge in [-0.1, -0.05) is 25.4 Å². The molecule has 0 radical (unpaired) electrons. The van der Waals surface area contributed by atoms with Crippen LogP contribution in [0.1, 0.15) is 19.5 Å². The summed E-state index contributed by atoms with van der Waals surface area (Å²) in [4.78, 5) is 3.93. The van der Waals surface area contributed by atoms with Crippen molar-refractivity contribution in [2.75, 3.05) is 18.5 Å². The number of aliphatic hydroxyl groups is 1. The van der Waals surface area contributed by atoms with Gasteiger partial charge in [0.25, 0.3) is 0 Å². The fourth-order valence-corrected chi connectivity index (χ4v) is 2.19. The number of aromatic nitrogens is 3. The Kier molecular flexibility index (Phi) is 5.10. The highest BCUT2D eigenvalue weighted by molar-refractivity contribution is 6.29. The van der Waals surface area contributed by atoms with Gasteiger partial charge in [0.1, 0.15) is 10.8 Å². The zero-order chi connectivity index (χ0) is 18.1. The molecule has 2 rings (SSSR count). The third-order valence-electron chi connectivity index (χ3n) is 3.50. The molecule has 2 heterocycles. The van der Waals surface area contributed by atoms with Gasteiger partial charge in [-0.2, -0.15) is 18.3 Å². The first-order valence-corrected chi connectivity index (χ1v) is 7.53. The average molecular weight is 363 g/mol. The first-order chi connectivity index (χ1) is 11.0. The summed E-state index contributed by atoms with van der Waals surface area (Å²) in [7, 11) is 1.23. The molecule has 0 spiro atoms. The lowest BCUT2D eigenvalue weighted by Crippen LogP contribution is -2.27. The molecule has 0 atom stereocenters. The molecule has 0 unspecified atom stereocenters. The van der Waals surface area contributed by atoms with Gasteiger partial charge in [0.2, 0.25) is 0 Å². The van der Waals surface area contributed by atoms with E-state index >= 15 is 0 Å². The lowest BCUT2D eigenvalue weighted by molar-refractivity contribution is -0.143. The van der Waals surface area contributed by atoms with Gasteiger partial charge in [-0.15, -0.1) is 0 Å². The number of aliphatic hydroxyl groups excluding tert-OH is 1. The van der Waals surface area contributed by atoms with Crippen LogP contribution in [0.25, 0.3) is 11.3 Å². The zero-order valence-electron chi connectivity index (χ0n) is 13.4. The van der Waals surface area contributed by atoms with Crippen molar-refractivity contribution < 1.29 is 18.3 Å². The number of rotatable bonds is 5. The maximum Gasteiger partial charge on any atom is 0.433 e. The van der Waals surface area contributed by atoms with Crippen LogP contribution in [0.15, 0.2) is 18.3 Å². The molecular formula is C15H18ClF3N4O. The molecule has 0 saturated carbocycles. The van der Waals surface area contributed by atoms with E-state index in [9.17, 15) is 18.3 Å². The summed E-state index contributed by atoms with van der Waals surface area (Å²) in [5, 5.41) is 16.5. The highest BCUT2D eigenvalue weighted by atomic mass is 35.5. The van der Waals surface area contributed by atoms with Crippen LogP contribution in [-0.4, -0.2) is 33.0 Å². The predicted molar refractivity (Wildman–Crippen MR) is 85.8 cm³/mol. The van der Waals surface area contributed by atoms with Crippen LogP contribution < -0.4 is 5.32 Å². The number of aryl methyl sites for hydroxylation is 1. The van der Waals surface area contributed by atoms with Crippen molar-refractivity contribution in [2.45, 2.75) is 20.0 Å². The summed E-state index contributed by atoms with van der Waals surface area (Å²) in [6.45, 7) is 4.06. The quantitative estimate of drug-likeness (QED) is 0.798. The second-order valence-corrected chi connectivity index (χ2v) is 6.65. The lowest BCUT2D eigenvalue weighted by Gasteiger charge is -2.23. The minimum absolute atomic E-state index is 0.0457. The predicted octanol–water partition coefficient (Wildman–Crippen LogP) is 3.58. The van der Waals surface area contributed by atoms with Crippen LogP contribution in [0.2, 0.25) is 5.15 Å². The Bertz CT molecular complexity index is 728. The molecule has 0 fully saturated rings. The maximum atomic E-state index is 13.0. The highest BCUT2D eigenvalue weighted by Gasteiger charge is 2.35. The molecule has 0 bridgehead atoms. The van der Waals surface area contributed by atoms with E-state index in [4.69, 9.17) is 11.6 Å². The van der Waals surface area contributed by atoms with Crippen molar-refractivity contribution in [1.82, 2.24) is 14.8 Å². The minimum Gasteiger partial charge on any atom is -0.396 e. The minimum atomic E-state index is -4.49. The number of nitrogens with one attached hydrogen (secondary N) is 1. The van der Waals surface area contributed by atoms with Crippen molar-refractivity contribution in [3.8, 4) is 11.3 Å². The van der Waals surface area contributed by atoms with Gasteiger partial charge < -0.3 is 10.4 Å². The van der Waals surface area contributed by atoms with E-state index in [1.54, 1.807) is 0 Å². The normalized spacial score (nSPS) is 12.5. The fourth-order valence-electron chi connectivity index (χ4n) is 2.03. The standard InChI is InChI=1S/C15H18ClF3N4O/c1-14(2,8-24)7-21-10-5-13(16)20-6-9(10)11-4-12(15(17,18)19)23(3)22-11/h4-6,24H,7-8H2,1-3H3,(H,20,21).